The van der Waals surface area contributed by atoms with E-state index in [1.54, 1.807) is 11.9 Å². The first-order valence-corrected chi connectivity index (χ1v) is 8.29. The number of amides is 2. The second-order valence-corrected chi connectivity index (χ2v) is 6.16. The highest BCUT2D eigenvalue weighted by Crippen LogP contribution is 2.03. The Balaban J connectivity index is 2.27. The summed E-state index contributed by atoms with van der Waals surface area (Å²) in [6, 6.07) is 8.28. The molecule has 138 valence electrons. The molecule has 0 aromatic heterocycles. The van der Waals surface area contributed by atoms with Crippen LogP contribution in [0.5, 0.6) is 0 Å². The third kappa shape index (κ3) is 7.80. The zero-order valence-corrected chi connectivity index (χ0v) is 15.0. The maximum Gasteiger partial charge on any atom is 0.308 e. The summed E-state index contributed by atoms with van der Waals surface area (Å²) in [5.41, 5.74) is 6.59. The zero-order chi connectivity index (χ0) is 18.8. The summed E-state index contributed by atoms with van der Waals surface area (Å²) in [6.07, 6.45) is -0.195. The smallest absolute Gasteiger partial charge is 0.308 e. The van der Waals surface area contributed by atoms with Crippen molar-refractivity contribution in [3.8, 4) is 0 Å². The van der Waals surface area contributed by atoms with E-state index in [0.717, 1.165) is 5.56 Å². The van der Waals surface area contributed by atoms with Crippen molar-refractivity contribution in [3.63, 3.8) is 0 Å². The molecule has 0 saturated carbocycles. The molecule has 3 N–H and O–H groups in total. The molecular weight excluding hydrogens is 322 g/mol. The molecule has 0 spiro atoms. The van der Waals surface area contributed by atoms with Gasteiger partial charge in [-0.15, -0.1) is 0 Å². The van der Waals surface area contributed by atoms with E-state index in [0.29, 0.717) is 6.54 Å². The van der Waals surface area contributed by atoms with Crippen LogP contribution in [0, 0.1) is 5.92 Å². The van der Waals surface area contributed by atoms with Gasteiger partial charge in [0.2, 0.25) is 11.8 Å². The molecule has 1 rings (SSSR count). The maximum atomic E-state index is 11.9. The van der Waals surface area contributed by atoms with Crippen LogP contribution in [0.3, 0.4) is 0 Å². The van der Waals surface area contributed by atoms with Gasteiger partial charge >= 0.3 is 5.97 Å². The minimum Gasteiger partial charge on any atom is -0.461 e. The molecule has 7 nitrogen and oxygen atoms in total. The lowest BCUT2D eigenvalue weighted by molar-refractivity contribution is -0.146. The highest BCUT2D eigenvalue weighted by atomic mass is 16.5. The van der Waals surface area contributed by atoms with Crippen molar-refractivity contribution < 1.29 is 19.1 Å². The van der Waals surface area contributed by atoms with Gasteiger partial charge in [-0.2, -0.15) is 0 Å². The van der Waals surface area contributed by atoms with Crippen molar-refractivity contribution in [2.45, 2.75) is 32.9 Å². The van der Waals surface area contributed by atoms with Gasteiger partial charge in [-0.25, -0.2) is 0 Å². The minimum absolute atomic E-state index is 0.00281. The molecular formula is C18H27N3O4. The number of benzene rings is 1. The Morgan fingerprint density at radius 1 is 1.20 bits per heavy atom. The van der Waals surface area contributed by atoms with Crippen molar-refractivity contribution in [2.75, 3.05) is 20.1 Å². The van der Waals surface area contributed by atoms with E-state index < -0.39 is 17.9 Å². The van der Waals surface area contributed by atoms with Crippen LogP contribution < -0.4 is 11.1 Å². The Bertz CT molecular complexity index is 575. The van der Waals surface area contributed by atoms with E-state index in [4.69, 9.17) is 10.5 Å². The molecule has 2 amide bonds. The lowest BCUT2D eigenvalue weighted by Gasteiger charge is -2.20. The fourth-order valence-electron chi connectivity index (χ4n) is 2.10. The van der Waals surface area contributed by atoms with Gasteiger partial charge in [0.25, 0.3) is 0 Å². The Morgan fingerprint density at radius 3 is 2.44 bits per heavy atom. The number of nitrogens with one attached hydrogen (secondary N) is 1. The number of hydrogen-bond acceptors (Lipinski definition) is 5. The average Bonchev–Trinajstić information content (AvgIpc) is 2.59. The van der Waals surface area contributed by atoms with E-state index in [9.17, 15) is 14.4 Å². The summed E-state index contributed by atoms with van der Waals surface area (Å²) in [6.45, 7) is 4.44. The molecule has 0 aliphatic rings. The monoisotopic (exact) mass is 349 g/mol. The van der Waals surface area contributed by atoms with Gasteiger partial charge < -0.3 is 20.7 Å². The zero-order valence-electron chi connectivity index (χ0n) is 15.0. The molecule has 0 heterocycles. The maximum absolute atomic E-state index is 11.9. The van der Waals surface area contributed by atoms with Crippen LogP contribution in [0.15, 0.2) is 30.3 Å². The van der Waals surface area contributed by atoms with Gasteiger partial charge in [0, 0.05) is 26.1 Å². The van der Waals surface area contributed by atoms with Gasteiger partial charge in [0.1, 0.15) is 6.61 Å². The first-order chi connectivity index (χ1) is 11.8. The molecule has 1 unspecified atom stereocenters. The summed E-state index contributed by atoms with van der Waals surface area (Å²) < 4.78 is 5.10. The number of likely N-dealkylation sites (N-methyl/N-ethyl adjacent to an activating group) is 1. The van der Waals surface area contributed by atoms with Gasteiger partial charge in [-0.3, -0.25) is 14.4 Å². The van der Waals surface area contributed by atoms with Crippen molar-refractivity contribution in [1.82, 2.24) is 10.2 Å². The number of rotatable bonds is 9. The Labute approximate surface area is 148 Å². The van der Waals surface area contributed by atoms with Crippen molar-refractivity contribution in [3.05, 3.63) is 35.9 Å². The lowest BCUT2D eigenvalue weighted by atomic mass is 10.2. The Hall–Kier alpha value is -2.41. The molecule has 0 aliphatic heterocycles. The summed E-state index contributed by atoms with van der Waals surface area (Å²) in [4.78, 5) is 36.9. The number of nitrogens with zero attached hydrogens (tertiary/aromatic N) is 1. The van der Waals surface area contributed by atoms with Crippen molar-refractivity contribution >= 4 is 17.8 Å². The third-order valence-corrected chi connectivity index (χ3v) is 3.58. The largest absolute Gasteiger partial charge is 0.461 e. The number of esters is 1. The van der Waals surface area contributed by atoms with Crippen LogP contribution in [0.1, 0.15) is 25.8 Å². The van der Waals surface area contributed by atoms with Gasteiger partial charge in [-0.1, -0.05) is 44.2 Å². The van der Waals surface area contributed by atoms with E-state index in [1.165, 1.54) is 0 Å². The fraction of sp³-hybridized carbons (Fsp3) is 0.500. The molecule has 0 radical (unpaired) electrons. The predicted molar refractivity (Wildman–Crippen MR) is 94.3 cm³/mol. The number of carbonyl (C=O) groups is 3. The van der Waals surface area contributed by atoms with Crippen molar-refractivity contribution in [2.24, 2.45) is 11.7 Å². The third-order valence-electron chi connectivity index (χ3n) is 3.58. The molecule has 1 atom stereocenters. The van der Waals surface area contributed by atoms with E-state index >= 15 is 0 Å². The summed E-state index contributed by atoms with van der Waals surface area (Å²) in [5, 5.41) is 2.62. The van der Waals surface area contributed by atoms with Crippen LogP contribution >= 0.6 is 0 Å². The van der Waals surface area contributed by atoms with Crippen LogP contribution in [0.2, 0.25) is 0 Å². The Morgan fingerprint density at radius 2 is 1.84 bits per heavy atom. The molecule has 1 aromatic carbocycles. The lowest BCUT2D eigenvalue weighted by Crippen LogP contribution is -2.45. The van der Waals surface area contributed by atoms with Crippen LogP contribution in [0.25, 0.3) is 0 Å². The van der Waals surface area contributed by atoms with Crippen LogP contribution in [-0.2, 0) is 25.7 Å². The topological polar surface area (TPSA) is 102 Å². The van der Waals surface area contributed by atoms with E-state index in [1.807, 2.05) is 44.2 Å². The highest BCUT2D eigenvalue weighted by Gasteiger charge is 2.19. The first-order valence-electron chi connectivity index (χ1n) is 8.29. The SMILES string of the molecule is CC(C)C(=O)N(C)CCNC(=O)C(N)CC(=O)OCc1ccccc1. The average molecular weight is 349 g/mol. The second-order valence-electron chi connectivity index (χ2n) is 6.16. The van der Waals surface area contributed by atoms with Gasteiger partial charge in [-0.05, 0) is 5.56 Å². The Kier molecular flexibility index (Phi) is 8.63. The summed E-state index contributed by atoms with van der Waals surface area (Å²) in [5.74, 6) is -1.06. The molecule has 7 heteroatoms. The van der Waals surface area contributed by atoms with Crippen LogP contribution in [-0.4, -0.2) is 48.9 Å². The first kappa shape index (κ1) is 20.6. The quantitative estimate of drug-likeness (QED) is 0.638. The predicted octanol–water partition coefficient (Wildman–Crippen LogP) is 0.678. The molecule has 0 saturated heterocycles. The fourth-order valence-corrected chi connectivity index (χ4v) is 2.10. The molecule has 0 aliphatic carbocycles. The molecule has 1 aromatic rings. The molecule has 0 bridgehead atoms. The molecule has 25 heavy (non-hydrogen) atoms. The van der Waals surface area contributed by atoms with E-state index in [2.05, 4.69) is 5.32 Å². The van der Waals surface area contributed by atoms with E-state index in [-0.39, 0.29) is 31.4 Å². The van der Waals surface area contributed by atoms with Crippen LogP contribution in [0.4, 0.5) is 0 Å². The van der Waals surface area contributed by atoms with Gasteiger partial charge in [0.05, 0.1) is 12.5 Å². The van der Waals surface area contributed by atoms with Gasteiger partial charge in [0.15, 0.2) is 0 Å². The van der Waals surface area contributed by atoms with Crippen molar-refractivity contribution in [1.29, 1.82) is 0 Å². The summed E-state index contributed by atoms with van der Waals surface area (Å²) in [7, 11) is 1.68. The number of hydrogen-bond donors (Lipinski definition) is 2. The molecule has 0 fully saturated rings. The highest BCUT2D eigenvalue weighted by molar-refractivity contribution is 5.86. The normalized spacial score (nSPS) is 11.7. The minimum atomic E-state index is -0.977. The number of ether oxygens (including phenoxy) is 1. The second kappa shape index (κ2) is 10.5. The standard InChI is InChI=1S/C18H27N3O4/c1-13(2)18(24)21(3)10-9-20-17(23)15(19)11-16(22)25-12-14-7-5-4-6-8-14/h4-8,13,15H,9-12,19H2,1-3H3,(H,20,23). The number of carbonyl (C=O) groups excluding carboxylic acids is 3. The number of nitrogens with two attached hydrogens (primary N) is 1. The summed E-state index contributed by atoms with van der Waals surface area (Å²) >= 11 is 0.